The van der Waals surface area contributed by atoms with Gasteiger partial charge in [-0.25, -0.2) is 0 Å². The van der Waals surface area contributed by atoms with Gasteiger partial charge in [-0.05, 0) is 23.1 Å². The summed E-state index contributed by atoms with van der Waals surface area (Å²) in [6.45, 7) is 1.30. The first kappa shape index (κ1) is 25.5. The van der Waals surface area contributed by atoms with Crippen molar-refractivity contribution < 1.29 is 29.2 Å². The summed E-state index contributed by atoms with van der Waals surface area (Å²) in [4.78, 5) is 0. The molecule has 1 saturated heterocycles. The summed E-state index contributed by atoms with van der Waals surface area (Å²) in [5.74, 6) is 0. The van der Waals surface area contributed by atoms with Crippen molar-refractivity contribution in [2.45, 2.75) is 56.8 Å². The molecule has 0 bridgehead atoms. The number of ether oxygens (including phenoxy) is 4. The van der Waals surface area contributed by atoms with Gasteiger partial charge >= 0.3 is 0 Å². The fraction of sp³-hybridized carbons (Fsp3) is 0.379. The van der Waals surface area contributed by atoms with Crippen LogP contribution < -0.4 is 0 Å². The molecule has 186 valence electrons. The van der Waals surface area contributed by atoms with Crippen molar-refractivity contribution in [3.05, 3.63) is 108 Å². The monoisotopic (exact) mass is 478 g/mol. The van der Waals surface area contributed by atoms with Gasteiger partial charge < -0.3 is 29.2 Å². The second-order valence-electron chi connectivity index (χ2n) is 8.74. The molecule has 1 aliphatic heterocycles. The molecular formula is C29H34O6. The van der Waals surface area contributed by atoms with Crippen LogP contribution in [0, 0.1) is 0 Å². The molecule has 0 radical (unpaired) electrons. The summed E-state index contributed by atoms with van der Waals surface area (Å²) < 4.78 is 24.8. The molecule has 1 heterocycles. The van der Waals surface area contributed by atoms with Crippen LogP contribution in [0.15, 0.2) is 91.0 Å². The Balaban J connectivity index is 1.50. The molecule has 35 heavy (non-hydrogen) atoms. The van der Waals surface area contributed by atoms with Gasteiger partial charge in [-0.1, -0.05) is 91.0 Å². The molecule has 6 heteroatoms. The number of hydrogen-bond acceptors (Lipinski definition) is 6. The molecule has 2 N–H and O–H groups in total. The van der Waals surface area contributed by atoms with Crippen molar-refractivity contribution in [1.82, 2.24) is 0 Å². The minimum absolute atomic E-state index is 0.0970. The van der Waals surface area contributed by atoms with Gasteiger partial charge in [0, 0.05) is 6.61 Å². The Kier molecular flexibility index (Phi) is 9.84. The van der Waals surface area contributed by atoms with Crippen LogP contribution in [0.25, 0.3) is 0 Å². The van der Waals surface area contributed by atoms with Gasteiger partial charge in [-0.15, -0.1) is 0 Å². The highest BCUT2D eigenvalue weighted by Gasteiger charge is 2.46. The highest BCUT2D eigenvalue weighted by molar-refractivity contribution is 5.15. The summed E-state index contributed by atoms with van der Waals surface area (Å²) in [6.07, 6.45) is -2.90. The predicted molar refractivity (Wildman–Crippen MR) is 133 cm³/mol. The van der Waals surface area contributed by atoms with E-state index < -0.39 is 30.5 Å². The molecule has 6 nitrogen and oxygen atoms in total. The average Bonchev–Trinajstić information content (AvgIpc) is 2.90. The lowest BCUT2D eigenvalue weighted by Gasteiger charge is -2.44. The van der Waals surface area contributed by atoms with Gasteiger partial charge in [-0.2, -0.15) is 0 Å². The number of benzene rings is 3. The Labute approximate surface area is 207 Å². The Morgan fingerprint density at radius 3 is 1.63 bits per heavy atom. The Morgan fingerprint density at radius 1 is 0.629 bits per heavy atom. The third kappa shape index (κ3) is 7.45. The highest BCUT2D eigenvalue weighted by atomic mass is 16.6. The van der Waals surface area contributed by atoms with Gasteiger partial charge in [0.05, 0.1) is 32.5 Å². The van der Waals surface area contributed by atoms with E-state index in [9.17, 15) is 10.2 Å². The molecule has 0 amide bonds. The quantitative estimate of drug-likeness (QED) is 0.411. The molecule has 0 spiro atoms. The molecule has 0 saturated carbocycles. The lowest BCUT2D eigenvalue weighted by atomic mass is 9.93. The van der Waals surface area contributed by atoms with Gasteiger partial charge in [0.15, 0.2) is 0 Å². The minimum atomic E-state index is -0.947. The molecule has 3 aromatic rings. The molecule has 1 aliphatic rings. The van der Waals surface area contributed by atoms with Crippen LogP contribution in [0.4, 0.5) is 0 Å². The van der Waals surface area contributed by atoms with Crippen LogP contribution in [0.2, 0.25) is 0 Å². The van der Waals surface area contributed by atoms with Gasteiger partial charge in [0.25, 0.3) is 0 Å². The number of aliphatic hydroxyl groups is 2. The number of aliphatic hydroxyl groups excluding tert-OH is 2. The zero-order valence-electron chi connectivity index (χ0n) is 19.8. The first-order valence-electron chi connectivity index (χ1n) is 12.1. The lowest BCUT2D eigenvalue weighted by molar-refractivity contribution is -0.262. The van der Waals surface area contributed by atoms with E-state index in [1.54, 1.807) is 0 Å². The van der Waals surface area contributed by atoms with Gasteiger partial charge in [-0.3, -0.25) is 0 Å². The summed E-state index contributed by atoms with van der Waals surface area (Å²) in [5, 5.41) is 20.7. The molecule has 1 fully saturated rings. The molecule has 0 aliphatic carbocycles. The maximum atomic E-state index is 11.1. The van der Waals surface area contributed by atoms with Crippen LogP contribution >= 0.6 is 0 Å². The van der Waals surface area contributed by atoms with E-state index in [2.05, 4.69) is 0 Å². The third-order valence-electron chi connectivity index (χ3n) is 6.14. The summed E-state index contributed by atoms with van der Waals surface area (Å²) in [5.41, 5.74) is 3.09. The average molecular weight is 479 g/mol. The fourth-order valence-electron chi connectivity index (χ4n) is 4.30. The number of hydrogen-bond donors (Lipinski definition) is 2. The SMILES string of the molecule is OCC[C@H]1O[C@H](COCc2ccccc2)[C@@H](OCc2ccccc2)[C@H](OCc2ccccc2)[C@H]1O. The number of rotatable bonds is 12. The van der Waals surface area contributed by atoms with E-state index in [0.29, 0.717) is 26.2 Å². The first-order chi connectivity index (χ1) is 17.2. The minimum Gasteiger partial charge on any atom is -0.396 e. The zero-order valence-corrected chi connectivity index (χ0v) is 19.8. The van der Waals surface area contributed by atoms with Crippen LogP contribution in [0.5, 0.6) is 0 Å². The van der Waals surface area contributed by atoms with Crippen LogP contribution in [-0.2, 0) is 38.8 Å². The lowest BCUT2D eigenvalue weighted by Crippen LogP contribution is -2.60. The smallest absolute Gasteiger partial charge is 0.115 e. The first-order valence-corrected chi connectivity index (χ1v) is 12.1. The van der Waals surface area contributed by atoms with E-state index >= 15 is 0 Å². The standard InChI is InChI=1S/C29H34O6/c30-17-16-25-27(31)29(34-20-24-14-8-3-9-15-24)28(33-19-23-12-6-2-7-13-23)26(35-25)21-32-18-22-10-4-1-5-11-22/h1-15,25-31H,16-21H2/t25-,26-,27+,28-,29-/m1/s1. The van der Waals surface area contributed by atoms with E-state index in [1.807, 2.05) is 91.0 Å². The van der Waals surface area contributed by atoms with E-state index in [1.165, 1.54) is 0 Å². The summed E-state index contributed by atoms with van der Waals surface area (Å²) >= 11 is 0. The zero-order chi connectivity index (χ0) is 24.3. The summed E-state index contributed by atoms with van der Waals surface area (Å²) in [7, 11) is 0. The fourth-order valence-corrected chi connectivity index (χ4v) is 4.30. The largest absolute Gasteiger partial charge is 0.396 e. The Morgan fingerprint density at radius 2 is 1.11 bits per heavy atom. The third-order valence-corrected chi connectivity index (χ3v) is 6.14. The molecule has 0 aromatic heterocycles. The topological polar surface area (TPSA) is 77.4 Å². The molecule has 0 unspecified atom stereocenters. The van der Waals surface area contributed by atoms with Crippen molar-refractivity contribution >= 4 is 0 Å². The molecule has 5 atom stereocenters. The second-order valence-corrected chi connectivity index (χ2v) is 8.74. The molecule has 4 rings (SSSR count). The molecular weight excluding hydrogens is 444 g/mol. The highest BCUT2D eigenvalue weighted by Crippen LogP contribution is 2.29. The van der Waals surface area contributed by atoms with Crippen molar-refractivity contribution in [2.75, 3.05) is 13.2 Å². The normalized spacial score (nSPS) is 24.3. The Hall–Kier alpha value is -2.58. The maximum absolute atomic E-state index is 11.1. The second kappa shape index (κ2) is 13.5. The van der Waals surface area contributed by atoms with E-state index in [-0.39, 0.29) is 13.2 Å². The molecule has 3 aromatic carbocycles. The van der Waals surface area contributed by atoms with Gasteiger partial charge in [0.2, 0.25) is 0 Å². The van der Waals surface area contributed by atoms with Crippen LogP contribution in [0.1, 0.15) is 23.1 Å². The van der Waals surface area contributed by atoms with Crippen molar-refractivity contribution in [2.24, 2.45) is 0 Å². The predicted octanol–water partition coefficient (Wildman–Crippen LogP) is 3.88. The summed E-state index contributed by atoms with van der Waals surface area (Å²) in [6, 6.07) is 29.6. The van der Waals surface area contributed by atoms with Crippen LogP contribution in [0.3, 0.4) is 0 Å². The van der Waals surface area contributed by atoms with Crippen LogP contribution in [-0.4, -0.2) is 53.9 Å². The van der Waals surface area contributed by atoms with Crippen molar-refractivity contribution in [1.29, 1.82) is 0 Å². The Bertz CT molecular complexity index is 968. The maximum Gasteiger partial charge on any atom is 0.115 e. The van der Waals surface area contributed by atoms with Crippen molar-refractivity contribution in [3.8, 4) is 0 Å². The van der Waals surface area contributed by atoms with E-state index in [0.717, 1.165) is 16.7 Å². The van der Waals surface area contributed by atoms with E-state index in [4.69, 9.17) is 18.9 Å². The van der Waals surface area contributed by atoms with Gasteiger partial charge in [0.1, 0.15) is 24.4 Å². The van der Waals surface area contributed by atoms with Crippen molar-refractivity contribution in [3.63, 3.8) is 0 Å².